The van der Waals surface area contributed by atoms with Crippen molar-refractivity contribution in [1.29, 1.82) is 0 Å². The first-order valence-corrected chi connectivity index (χ1v) is 9.76. The summed E-state index contributed by atoms with van der Waals surface area (Å²) in [5, 5.41) is 0. The van der Waals surface area contributed by atoms with E-state index >= 15 is 0 Å². The molecule has 0 N–H and O–H groups in total. The zero-order valence-corrected chi connectivity index (χ0v) is 14.1. The van der Waals surface area contributed by atoms with Crippen molar-refractivity contribution in [2.45, 2.75) is 30.2 Å². The van der Waals surface area contributed by atoms with E-state index in [1.54, 1.807) is 0 Å². The summed E-state index contributed by atoms with van der Waals surface area (Å²) in [5.41, 5.74) is -5.65. The average molecular weight is 360 g/mol. The summed E-state index contributed by atoms with van der Waals surface area (Å²) in [7, 11) is -5.74. The Kier molecular flexibility index (Phi) is 8.87. The maximum Gasteiger partial charge on any atom is 0.485 e. The quantitative estimate of drug-likeness (QED) is 0.350. The molecule has 128 valence electrons. The van der Waals surface area contributed by atoms with Gasteiger partial charge in [0.1, 0.15) is 18.3 Å². The Hall–Kier alpha value is -0.930. The van der Waals surface area contributed by atoms with Gasteiger partial charge in [0.05, 0.1) is 6.61 Å². The summed E-state index contributed by atoms with van der Waals surface area (Å²) >= 11 is 0. The third kappa shape index (κ3) is 8.50. The van der Waals surface area contributed by atoms with Crippen LogP contribution in [-0.4, -0.2) is 37.6 Å². The molecule has 22 heavy (non-hydrogen) atoms. The van der Waals surface area contributed by atoms with Crippen LogP contribution in [-0.2, 0) is 21.0 Å². The van der Waals surface area contributed by atoms with Crippen molar-refractivity contribution >= 4 is 21.0 Å². The first-order valence-electron chi connectivity index (χ1n) is 6.31. The molecule has 0 aromatic heterocycles. The molecular formula is C13H19F3O4S2. The summed E-state index contributed by atoms with van der Waals surface area (Å²) in [6, 6.07) is 8.45. The smallest absolute Gasteiger partial charge is 0.485 e. The van der Waals surface area contributed by atoms with Crippen LogP contribution in [0.1, 0.15) is 19.8 Å². The lowest BCUT2D eigenvalue weighted by Crippen LogP contribution is -2.21. The molecule has 0 unspecified atom stereocenters. The summed E-state index contributed by atoms with van der Waals surface area (Å²) < 4.78 is 64.5. The molecule has 0 heterocycles. The van der Waals surface area contributed by atoms with Crippen molar-refractivity contribution in [1.82, 2.24) is 0 Å². The lowest BCUT2D eigenvalue weighted by molar-refractivity contribution is -0.0517. The molecule has 0 bridgehead atoms. The Morgan fingerprint density at radius 1 is 1.18 bits per heavy atom. The first kappa shape index (κ1) is 21.1. The van der Waals surface area contributed by atoms with Gasteiger partial charge in [-0.1, -0.05) is 13.3 Å². The molecule has 0 spiro atoms. The molecule has 9 heteroatoms. The maximum atomic E-state index is 10.7. The minimum absolute atomic E-state index is 0.350. The number of rotatable bonds is 5. The number of halogens is 3. The zero-order chi connectivity index (χ0) is 17.4. The van der Waals surface area contributed by atoms with Crippen molar-refractivity contribution < 1.29 is 30.9 Å². The van der Waals surface area contributed by atoms with E-state index in [4.69, 9.17) is 17.7 Å². The molecule has 0 aliphatic carbocycles. The molecule has 1 aromatic rings. The van der Waals surface area contributed by atoms with Gasteiger partial charge in [-0.3, -0.25) is 0 Å². The van der Waals surface area contributed by atoms with Crippen LogP contribution >= 0.6 is 0 Å². The summed E-state index contributed by atoms with van der Waals surface area (Å²) in [5.74, 6) is 0.993. The van der Waals surface area contributed by atoms with Crippen molar-refractivity contribution in [2.24, 2.45) is 0 Å². The molecule has 1 rings (SSSR count). The number of alkyl halides is 3. The van der Waals surface area contributed by atoms with E-state index in [-0.39, 0.29) is 0 Å². The molecule has 0 fully saturated rings. The van der Waals surface area contributed by atoms with E-state index in [1.165, 1.54) is 11.3 Å². The fraction of sp³-hybridized carbons (Fsp3) is 0.538. The molecule has 0 radical (unpaired) electrons. The molecule has 0 saturated carbocycles. The molecule has 0 aliphatic rings. The number of unbranched alkanes of at least 4 members (excludes halogenated alkanes) is 1. The lowest BCUT2D eigenvalue weighted by atomic mass is 10.3. The van der Waals surface area contributed by atoms with Crippen molar-refractivity contribution in [3.05, 3.63) is 24.3 Å². The molecule has 0 aliphatic heterocycles. The Bertz CT molecular complexity index is 525. The largest absolute Gasteiger partial charge is 0.741 e. The number of hydrogen-bond donors (Lipinski definition) is 0. The van der Waals surface area contributed by atoms with Gasteiger partial charge in [0, 0.05) is 10.9 Å². The summed E-state index contributed by atoms with van der Waals surface area (Å²) in [6.45, 7) is 3.01. The Morgan fingerprint density at radius 2 is 1.64 bits per heavy atom. The second-order valence-corrected chi connectivity index (χ2v) is 7.87. The van der Waals surface area contributed by atoms with E-state index in [0.717, 1.165) is 18.8 Å². The highest BCUT2D eigenvalue weighted by atomic mass is 32.2. The normalized spacial score (nSPS) is 11.8. The predicted octanol–water partition coefficient (Wildman–Crippen LogP) is 3.15. The van der Waals surface area contributed by atoms with Crippen LogP contribution in [0, 0.1) is 0 Å². The number of benzene rings is 1. The minimum atomic E-state index is -6.09. The predicted molar refractivity (Wildman–Crippen MR) is 80.1 cm³/mol. The van der Waals surface area contributed by atoms with Gasteiger partial charge in [-0.05, 0) is 30.7 Å². The van der Waals surface area contributed by atoms with E-state index in [9.17, 15) is 13.2 Å². The molecular weight excluding hydrogens is 341 g/mol. The standard InChI is InChI=1S/C12H19OS.CHF3O3S/c1-4-5-10-13-11-6-8-12(9-7-11)14(2)3;2-1(3,4)8(5,6)7/h6-9H,4-5,10H2,1-3H3;(H,5,6,7)/q+1;/p-1. The summed E-state index contributed by atoms with van der Waals surface area (Å²) in [6.07, 6.45) is 6.78. The number of hydrogen-bond acceptors (Lipinski definition) is 4. The first-order chi connectivity index (χ1) is 9.99. The highest BCUT2D eigenvalue weighted by molar-refractivity contribution is 7.95. The van der Waals surface area contributed by atoms with Crippen LogP contribution in [0.5, 0.6) is 5.75 Å². The van der Waals surface area contributed by atoms with Crippen molar-refractivity contribution in [3.8, 4) is 5.75 Å². The van der Waals surface area contributed by atoms with Gasteiger partial charge in [0.2, 0.25) is 0 Å². The molecule has 0 saturated heterocycles. The van der Waals surface area contributed by atoms with Crippen LogP contribution in [0.3, 0.4) is 0 Å². The molecule has 0 amide bonds. The highest BCUT2D eigenvalue weighted by Gasteiger charge is 2.36. The zero-order valence-electron chi connectivity index (χ0n) is 12.5. The van der Waals surface area contributed by atoms with Gasteiger partial charge in [-0.2, -0.15) is 13.2 Å². The van der Waals surface area contributed by atoms with Crippen LogP contribution < -0.4 is 4.74 Å². The van der Waals surface area contributed by atoms with E-state index in [2.05, 4.69) is 43.7 Å². The second-order valence-electron chi connectivity index (χ2n) is 4.39. The topological polar surface area (TPSA) is 66.4 Å². The monoisotopic (exact) mass is 360 g/mol. The van der Waals surface area contributed by atoms with E-state index in [1.807, 2.05) is 0 Å². The maximum absolute atomic E-state index is 10.7. The molecule has 0 atom stereocenters. The van der Waals surface area contributed by atoms with Gasteiger partial charge in [-0.25, -0.2) is 8.42 Å². The average Bonchev–Trinajstić information content (AvgIpc) is 2.38. The van der Waals surface area contributed by atoms with Crippen LogP contribution in [0.2, 0.25) is 0 Å². The number of ether oxygens (including phenoxy) is 1. The minimum Gasteiger partial charge on any atom is -0.741 e. The fourth-order valence-corrected chi connectivity index (χ4v) is 1.82. The van der Waals surface area contributed by atoms with E-state index < -0.39 is 15.6 Å². The van der Waals surface area contributed by atoms with Gasteiger partial charge < -0.3 is 9.29 Å². The van der Waals surface area contributed by atoms with Gasteiger partial charge >= 0.3 is 5.51 Å². The van der Waals surface area contributed by atoms with Crippen LogP contribution in [0.4, 0.5) is 13.2 Å². The fourth-order valence-electron chi connectivity index (χ4n) is 1.14. The molecule has 4 nitrogen and oxygen atoms in total. The Morgan fingerprint density at radius 3 is 1.95 bits per heavy atom. The third-order valence-electron chi connectivity index (χ3n) is 2.35. The van der Waals surface area contributed by atoms with Crippen LogP contribution in [0.25, 0.3) is 0 Å². The highest BCUT2D eigenvalue weighted by Crippen LogP contribution is 2.20. The lowest BCUT2D eigenvalue weighted by Gasteiger charge is -2.08. The Labute approximate surface area is 131 Å². The van der Waals surface area contributed by atoms with Gasteiger partial charge in [0.25, 0.3) is 0 Å². The molecule has 1 aromatic carbocycles. The van der Waals surface area contributed by atoms with Crippen LogP contribution in [0.15, 0.2) is 29.2 Å². The summed E-state index contributed by atoms with van der Waals surface area (Å²) in [4.78, 5) is 1.40. The van der Waals surface area contributed by atoms with E-state index in [0.29, 0.717) is 10.9 Å². The van der Waals surface area contributed by atoms with Crippen molar-refractivity contribution in [3.63, 3.8) is 0 Å². The Balaban J connectivity index is 0.000000472. The van der Waals surface area contributed by atoms with Crippen molar-refractivity contribution in [2.75, 3.05) is 19.1 Å². The van der Waals surface area contributed by atoms with Gasteiger partial charge in [-0.15, -0.1) is 0 Å². The third-order valence-corrected chi connectivity index (χ3v) is 4.13. The second kappa shape index (κ2) is 9.26. The van der Waals surface area contributed by atoms with Gasteiger partial charge in [0.15, 0.2) is 15.0 Å². The SMILES string of the molecule is CCCCOc1ccc([S+](C)C)cc1.O=S(=O)([O-])C(F)(F)F.